The number of methoxy groups -OCH3 is 2. The average molecular weight is 349 g/mol. The van der Waals surface area contributed by atoms with E-state index in [0.717, 1.165) is 11.1 Å². The van der Waals surface area contributed by atoms with Crippen molar-refractivity contribution < 1.29 is 22.7 Å². The third-order valence-corrected chi connectivity index (χ3v) is 4.99. The van der Waals surface area contributed by atoms with Gasteiger partial charge in [-0.1, -0.05) is 6.07 Å². The molecule has 1 amide bonds. The monoisotopic (exact) mass is 349 g/mol. The van der Waals surface area contributed by atoms with E-state index in [1.807, 2.05) is 13.8 Å². The summed E-state index contributed by atoms with van der Waals surface area (Å²) in [5, 5.41) is 0. The molecule has 6 nitrogen and oxygen atoms in total. The fraction of sp³-hybridized carbons (Fsp3) is 0.235. The molecular formula is C17H19NO5S. The van der Waals surface area contributed by atoms with Crippen molar-refractivity contribution in [3.63, 3.8) is 0 Å². The lowest BCUT2D eigenvalue weighted by atomic mass is 10.1. The molecule has 0 radical (unpaired) electrons. The molecule has 128 valence electrons. The quantitative estimate of drug-likeness (QED) is 0.896. The number of carbonyl (C=O) groups is 1. The molecule has 2 rings (SSSR count). The highest BCUT2D eigenvalue weighted by Gasteiger charge is 2.21. The first-order chi connectivity index (χ1) is 11.3. The number of carbonyl (C=O) groups excluding carboxylic acids is 1. The first-order valence-electron chi connectivity index (χ1n) is 7.15. The lowest BCUT2D eigenvalue weighted by Gasteiger charge is -2.11. The van der Waals surface area contributed by atoms with E-state index in [1.165, 1.54) is 32.4 Å². The van der Waals surface area contributed by atoms with Gasteiger partial charge in [0.2, 0.25) is 0 Å². The number of rotatable bonds is 5. The Balaban J connectivity index is 2.30. The van der Waals surface area contributed by atoms with Gasteiger partial charge in [0.1, 0.15) is 0 Å². The highest BCUT2D eigenvalue weighted by molar-refractivity contribution is 7.90. The smallest absolute Gasteiger partial charge is 0.265 e. The second kappa shape index (κ2) is 6.92. The minimum Gasteiger partial charge on any atom is -0.493 e. The molecule has 0 fully saturated rings. The second-order valence-corrected chi connectivity index (χ2v) is 6.93. The largest absolute Gasteiger partial charge is 0.493 e. The van der Waals surface area contributed by atoms with Crippen LogP contribution in [-0.4, -0.2) is 28.5 Å². The summed E-state index contributed by atoms with van der Waals surface area (Å²) in [6.45, 7) is 3.77. The van der Waals surface area contributed by atoms with Crippen molar-refractivity contribution in [1.82, 2.24) is 4.72 Å². The van der Waals surface area contributed by atoms with E-state index in [-0.39, 0.29) is 16.2 Å². The van der Waals surface area contributed by atoms with Crippen molar-refractivity contribution in [3.05, 3.63) is 53.1 Å². The molecule has 7 heteroatoms. The molecule has 0 spiro atoms. The fourth-order valence-corrected chi connectivity index (χ4v) is 3.10. The summed E-state index contributed by atoms with van der Waals surface area (Å²) >= 11 is 0. The van der Waals surface area contributed by atoms with Gasteiger partial charge in [-0.3, -0.25) is 4.79 Å². The molecule has 1 N–H and O–H groups in total. The normalized spacial score (nSPS) is 11.0. The van der Waals surface area contributed by atoms with Gasteiger partial charge in [-0.2, -0.15) is 0 Å². The van der Waals surface area contributed by atoms with Crippen molar-refractivity contribution >= 4 is 15.9 Å². The maximum atomic E-state index is 12.4. The van der Waals surface area contributed by atoms with Crippen LogP contribution in [0.4, 0.5) is 0 Å². The summed E-state index contributed by atoms with van der Waals surface area (Å²) in [6.07, 6.45) is 0. The summed E-state index contributed by atoms with van der Waals surface area (Å²) in [4.78, 5) is 12.1. The third-order valence-electron chi connectivity index (χ3n) is 3.66. The lowest BCUT2D eigenvalue weighted by Crippen LogP contribution is -2.30. The highest BCUT2D eigenvalue weighted by atomic mass is 32.2. The van der Waals surface area contributed by atoms with E-state index < -0.39 is 15.9 Å². The summed E-state index contributed by atoms with van der Waals surface area (Å²) < 4.78 is 37.0. The SMILES string of the molecule is COc1ccc(S(=O)(=O)NC(=O)c2ccc(C)c(C)c2)cc1OC. The third kappa shape index (κ3) is 3.68. The average Bonchev–Trinajstić information content (AvgIpc) is 2.56. The Hall–Kier alpha value is -2.54. The van der Waals surface area contributed by atoms with Gasteiger partial charge in [0, 0.05) is 11.6 Å². The number of nitrogens with one attached hydrogen (secondary N) is 1. The number of ether oxygens (including phenoxy) is 2. The highest BCUT2D eigenvalue weighted by Crippen LogP contribution is 2.29. The van der Waals surface area contributed by atoms with Gasteiger partial charge in [0.05, 0.1) is 19.1 Å². The molecule has 2 aromatic carbocycles. The molecule has 0 atom stereocenters. The molecule has 0 saturated carbocycles. The number of amides is 1. The molecule has 0 aliphatic rings. The van der Waals surface area contributed by atoms with Crippen LogP contribution < -0.4 is 14.2 Å². The Labute approximate surface area is 141 Å². The van der Waals surface area contributed by atoms with Gasteiger partial charge in [-0.15, -0.1) is 0 Å². The van der Waals surface area contributed by atoms with E-state index in [9.17, 15) is 13.2 Å². The van der Waals surface area contributed by atoms with Crippen molar-refractivity contribution in [2.45, 2.75) is 18.7 Å². The van der Waals surface area contributed by atoms with Gasteiger partial charge < -0.3 is 9.47 Å². The predicted molar refractivity (Wildman–Crippen MR) is 90.1 cm³/mol. The van der Waals surface area contributed by atoms with Crippen LogP contribution in [0.25, 0.3) is 0 Å². The van der Waals surface area contributed by atoms with Crippen LogP contribution >= 0.6 is 0 Å². The van der Waals surface area contributed by atoms with Gasteiger partial charge >= 0.3 is 0 Å². The van der Waals surface area contributed by atoms with Gasteiger partial charge in [-0.05, 0) is 49.2 Å². The van der Waals surface area contributed by atoms with E-state index in [0.29, 0.717) is 5.75 Å². The molecule has 0 saturated heterocycles. The first-order valence-corrected chi connectivity index (χ1v) is 8.63. The van der Waals surface area contributed by atoms with Gasteiger partial charge in [0.15, 0.2) is 11.5 Å². The zero-order valence-corrected chi connectivity index (χ0v) is 14.7. The Morgan fingerprint density at radius 3 is 2.17 bits per heavy atom. The van der Waals surface area contributed by atoms with Crippen LogP contribution in [0.1, 0.15) is 21.5 Å². The van der Waals surface area contributed by atoms with Crippen LogP contribution in [0.15, 0.2) is 41.3 Å². The zero-order chi connectivity index (χ0) is 17.9. The molecule has 0 aliphatic carbocycles. The minimum atomic E-state index is -4.02. The van der Waals surface area contributed by atoms with Gasteiger partial charge in [-0.25, -0.2) is 13.1 Å². The van der Waals surface area contributed by atoms with Crippen LogP contribution in [0, 0.1) is 13.8 Å². The number of benzene rings is 2. The Morgan fingerprint density at radius 1 is 0.917 bits per heavy atom. The number of aryl methyl sites for hydroxylation is 2. The molecule has 0 heterocycles. The van der Waals surface area contributed by atoms with Crippen LogP contribution in [-0.2, 0) is 10.0 Å². The number of hydrogen-bond donors (Lipinski definition) is 1. The Kier molecular flexibility index (Phi) is 5.14. The van der Waals surface area contributed by atoms with Crippen LogP contribution in [0.2, 0.25) is 0 Å². The molecule has 0 aromatic heterocycles. The number of hydrogen-bond acceptors (Lipinski definition) is 5. The van der Waals surface area contributed by atoms with E-state index in [1.54, 1.807) is 18.2 Å². The van der Waals surface area contributed by atoms with E-state index in [2.05, 4.69) is 4.72 Å². The maximum absolute atomic E-state index is 12.4. The van der Waals surface area contributed by atoms with Crippen molar-refractivity contribution in [2.75, 3.05) is 14.2 Å². The van der Waals surface area contributed by atoms with Crippen molar-refractivity contribution in [2.24, 2.45) is 0 Å². The molecular weight excluding hydrogens is 330 g/mol. The van der Waals surface area contributed by atoms with Crippen LogP contribution in [0.3, 0.4) is 0 Å². The molecule has 0 aliphatic heterocycles. The van der Waals surface area contributed by atoms with Crippen molar-refractivity contribution in [1.29, 1.82) is 0 Å². The maximum Gasteiger partial charge on any atom is 0.265 e. The molecule has 2 aromatic rings. The second-order valence-electron chi connectivity index (χ2n) is 5.25. The molecule has 0 bridgehead atoms. The first kappa shape index (κ1) is 17.8. The summed E-state index contributed by atoms with van der Waals surface area (Å²) in [6, 6.07) is 9.12. The van der Waals surface area contributed by atoms with E-state index >= 15 is 0 Å². The Morgan fingerprint density at radius 2 is 1.58 bits per heavy atom. The Bertz CT molecular complexity index is 875. The predicted octanol–water partition coefficient (Wildman–Crippen LogP) is 2.44. The number of sulfonamides is 1. The fourth-order valence-electron chi connectivity index (χ4n) is 2.11. The standard InChI is InChI=1S/C17H19NO5S/c1-11-5-6-13(9-12(11)2)17(19)18-24(20,21)14-7-8-15(22-3)16(10-14)23-4/h5-10H,1-4H3,(H,18,19). The molecule has 0 unspecified atom stereocenters. The topological polar surface area (TPSA) is 81.7 Å². The minimum absolute atomic E-state index is 0.0858. The van der Waals surface area contributed by atoms with Gasteiger partial charge in [0.25, 0.3) is 15.9 Å². The van der Waals surface area contributed by atoms with Crippen molar-refractivity contribution in [3.8, 4) is 11.5 Å². The lowest BCUT2D eigenvalue weighted by molar-refractivity contribution is 0.0981. The summed E-state index contributed by atoms with van der Waals surface area (Å²) in [7, 11) is -1.17. The summed E-state index contributed by atoms with van der Waals surface area (Å²) in [5.41, 5.74) is 2.21. The summed E-state index contributed by atoms with van der Waals surface area (Å²) in [5.74, 6) is -0.0242. The molecule has 24 heavy (non-hydrogen) atoms. The van der Waals surface area contributed by atoms with E-state index in [4.69, 9.17) is 9.47 Å². The van der Waals surface area contributed by atoms with Crippen LogP contribution in [0.5, 0.6) is 11.5 Å². The zero-order valence-electron chi connectivity index (χ0n) is 13.9.